The van der Waals surface area contributed by atoms with Gasteiger partial charge in [0, 0.05) is 19.3 Å². The minimum Gasteiger partial charge on any atom is -0.462 e. The first kappa shape index (κ1) is 57.4. The highest BCUT2D eigenvalue weighted by Crippen LogP contribution is 2.18. The zero-order valence-corrected chi connectivity index (χ0v) is 40.2. The summed E-state index contributed by atoms with van der Waals surface area (Å²) in [5.41, 5.74) is 0. The van der Waals surface area contributed by atoms with E-state index in [4.69, 9.17) is 14.2 Å². The zero-order chi connectivity index (χ0) is 43.1. The first-order chi connectivity index (χ1) is 28.9. The molecule has 6 nitrogen and oxygen atoms in total. The van der Waals surface area contributed by atoms with Crippen LogP contribution in [0.4, 0.5) is 0 Å². The van der Waals surface area contributed by atoms with Crippen LogP contribution in [0.15, 0.2) is 0 Å². The molecule has 0 aromatic rings. The second-order valence-corrected chi connectivity index (χ2v) is 18.4. The van der Waals surface area contributed by atoms with Crippen LogP contribution in [0.1, 0.15) is 297 Å². The first-order valence-corrected chi connectivity index (χ1v) is 26.4. The summed E-state index contributed by atoms with van der Waals surface area (Å²) in [5, 5.41) is 0. The Morgan fingerprint density at radius 3 is 0.881 bits per heavy atom. The fourth-order valence-corrected chi connectivity index (χ4v) is 8.01. The van der Waals surface area contributed by atoms with Crippen LogP contribution >= 0.6 is 0 Å². The summed E-state index contributed by atoms with van der Waals surface area (Å²) in [4.78, 5) is 37.7. The highest BCUT2D eigenvalue weighted by atomic mass is 16.6. The minimum atomic E-state index is -0.758. The lowest BCUT2D eigenvalue weighted by Gasteiger charge is -2.18. The first-order valence-electron chi connectivity index (χ1n) is 26.4. The average molecular weight is 835 g/mol. The van der Waals surface area contributed by atoms with Crippen LogP contribution in [0.5, 0.6) is 0 Å². The van der Waals surface area contributed by atoms with Crippen molar-refractivity contribution in [1.82, 2.24) is 0 Å². The number of hydrogen-bond acceptors (Lipinski definition) is 6. The van der Waals surface area contributed by atoms with Crippen LogP contribution in [0, 0.1) is 5.92 Å². The second kappa shape index (κ2) is 47.5. The lowest BCUT2D eigenvalue weighted by molar-refractivity contribution is -0.167. The monoisotopic (exact) mass is 835 g/mol. The van der Waals surface area contributed by atoms with Gasteiger partial charge in [0.1, 0.15) is 13.2 Å². The molecule has 1 unspecified atom stereocenters. The normalized spacial score (nSPS) is 12.4. The SMILES string of the molecule is CCCCCCCCCCCCCCCCCCCCC(=O)OC[C@H](COC(=O)CCCCCCCCCCCCCCCCC(C)CC)OC(=O)CCCCCCC. The molecule has 0 heterocycles. The van der Waals surface area contributed by atoms with Gasteiger partial charge in [-0.2, -0.15) is 0 Å². The highest BCUT2D eigenvalue weighted by Gasteiger charge is 2.19. The van der Waals surface area contributed by atoms with Crippen LogP contribution < -0.4 is 0 Å². The molecule has 2 atom stereocenters. The molecule has 0 aromatic carbocycles. The number of ether oxygens (including phenoxy) is 3. The summed E-state index contributed by atoms with van der Waals surface area (Å²) in [7, 11) is 0. The lowest BCUT2D eigenvalue weighted by Crippen LogP contribution is -2.30. The largest absolute Gasteiger partial charge is 0.462 e. The van der Waals surface area contributed by atoms with E-state index in [0.717, 1.165) is 70.1 Å². The van der Waals surface area contributed by atoms with Crippen LogP contribution in [0.3, 0.4) is 0 Å². The van der Waals surface area contributed by atoms with Gasteiger partial charge in [-0.1, -0.05) is 259 Å². The van der Waals surface area contributed by atoms with Crippen molar-refractivity contribution in [2.24, 2.45) is 5.92 Å². The van der Waals surface area contributed by atoms with Crippen molar-refractivity contribution in [2.75, 3.05) is 13.2 Å². The summed E-state index contributed by atoms with van der Waals surface area (Å²) in [6.07, 6.45) is 49.8. The maximum atomic E-state index is 12.6. The number of carbonyl (C=O) groups excluding carboxylic acids is 3. The molecule has 0 aliphatic rings. The topological polar surface area (TPSA) is 78.9 Å². The second-order valence-electron chi connectivity index (χ2n) is 18.4. The molecule has 0 aliphatic carbocycles. The molecule has 0 saturated carbocycles. The van der Waals surface area contributed by atoms with Crippen LogP contribution in [0.25, 0.3) is 0 Å². The fraction of sp³-hybridized carbons (Fsp3) is 0.943. The van der Waals surface area contributed by atoms with E-state index in [1.807, 2.05) is 0 Å². The zero-order valence-electron chi connectivity index (χ0n) is 40.2. The van der Waals surface area contributed by atoms with Gasteiger partial charge in [-0.3, -0.25) is 14.4 Å². The molecule has 0 saturated heterocycles. The number of hydrogen-bond donors (Lipinski definition) is 0. The molecule has 0 aliphatic heterocycles. The van der Waals surface area contributed by atoms with E-state index >= 15 is 0 Å². The van der Waals surface area contributed by atoms with E-state index in [-0.39, 0.29) is 31.1 Å². The van der Waals surface area contributed by atoms with Gasteiger partial charge in [-0.05, 0) is 25.2 Å². The summed E-state index contributed by atoms with van der Waals surface area (Å²) >= 11 is 0. The van der Waals surface area contributed by atoms with Gasteiger partial charge in [-0.25, -0.2) is 0 Å². The molecule has 0 spiro atoms. The van der Waals surface area contributed by atoms with Crippen molar-refractivity contribution in [3.63, 3.8) is 0 Å². The van der Waals surface area contributed by atoms with Crippen molar-refractivity contribution < 1.29 is 28.6 Å². The van der Waals surface area contributed by atoms with Crippen molar-refractivity contribution >= 4 is 17.9 Å². The maximum Gasteiger partial charge on any atom is 0.306 e. The lowest BCUT2D eigenvalue weighted by atomic mass is 9.99. The predicted molar refractivity (Wildman–Crippen MR) is 252 cm³/mol. The van der Waals surface area contributed by atoms with Gasteiger partial charge in [0.15, 0.2) is 6.10 Å². The van der Waals surface area contributed by atoms with Gasteiger partial charge in [0.25, 0.3) is 0 Å². The molecule has 0 amide bonds. The number of unbranched alkanes of at least 4 members (excludes halogenated alkanes) is 34. The molecule has 0 aromatic heterocycles. The average Bonchev–Trinajstić information content (AvgIpc) is 3.23. The van der Waals surface area contributed by atoms with E-state index in [2.05, 4.69) is 27.7 Å². The summed E-state index contributed by atoms with van der Waals surface area (Å²) < 4.78 is 16.7. The third-order valence-corrected chi connectivity index (χ3v) is 12.4. The third-order valence-electron chi connectivity index (χ3n) is 12.4. The van der Waals surface area contributed by atoms with Crippen molar-refractivity contribution in [3.05, 3.63) is 0 Å². The van der Waals surface area contributed by atoms with Gasteiger partial charge < -0.3 is 14.2 Å². The van der Waals surface area contributed by atoms with Crippen molar-refractivity contribution in [3.8, 4) is 0 Å². The van der Waals surface area contributed by atoms with Crippen LogP contribution in [0.2, 0.25) is 0 Å². The molecule has 0 bridgehead atoms. The Morgan fingerprint density at radius 2 is 0.593 bits per heavy atom. The fourth-order valence-electron chi connectivity index (χ4n) is 8.01. The van der Waals surface area contributed by atoms with Gasteiger partial charge in [0.2, 0.25) is 0 Å². The summed E-state index contributed by atoms with van der Waals surface area (Å²) in [6, 6.07) is 0. The quantitative estimate of drug-likeness (QED) is 0.0345. The summed E-state index contributed by atoms with van der Waals surface area (Å²) in [5.74, 6) is 0.0369. The Bertz CT molecular complexity index is 889. The van der Waals surface area contributed by atoms with Crippen LogP contribution in [-0.4, -0.2) is 37.2 Å². The number of carbonyl (C=O) groups is 3. The van der Waals surface area contributed by atoms with Gasteiger partial charge >= 0.3 is 17.9 Å². The van der Waals surface area contributed by atoms with E-state index in [9.17, 15) is 14.4 Å². The number of rotatable bonds is 48. The van der Waals surface area contributed by atoms with E-state index in [1.54, 1.807) is 0 Å². The number of esters is 3. The van der Waals surface area contributed by atoms with E-state index < -0.39 is 6.10 Å². The van der Waals surface area contributed by atoms with Crippen molar-refractivity contribution in [2.45, 2.75) is 303 Å². The molecule has 0 radical (unpaired) electrons. The highest BCUT2D eigenvalue weighted by molar-refractivity contribution is 5.71. The molecular formula is C53H102O6. The van der Waals surface area contributed by atoms with Gasteiger partial charge in [-0.15, -0.1) is 0 Å². The Labute approximate surface area is 368 Å². The van der Waals surface area contributed by atoms with E-state index in [1.165, 1.54) is 186 Å². The predicted octanol–water partition coefficient (Wildman–Crippen LogP) is 17.1. The van der Waals surface area contributed by atoms with Crippen molar-refractivity contribution in [1.29, 1.82) is 0 Å². The Balaban J connectivity index is 4.04. The molecule has 350 valence electrons. The maximum absolute atomic E-state index is 12.6. The molecule has 59 heavy (non-hydrogen) atoms. The molecule has 6 heteroatoms. The van der Waals surface area contributed by atoms with Gasteiger partial charge in [0.05, 0.1) is 0 Å². The Morgan fingerprint density at radius 1 is 0.339 bits per heavy atom. The standard InChI is InChI=1S/C53H102O6/c1-5-8-10-12-13-14-15-16-17-18-19-20-24-27-30-33-37-40-44-51(54)57-47-50(59-53(56)46-42-35-11-9-6-2)48-58-52(55)45-41-38-34-31-28-25-22-21-23-26-29-32-36-39-43-49(4)7-3/h49-50H,5-48H2,1-4H3/t49?,50-/m1/s1. The minimum absolute atomic E-state index is 0.0642. The Hall–Kier alpha value is -1.59. The molecule has 0 N–H and O–H groups in total. The molecular weight excluding hydrogens is 733 g/mol. The summed E-state index contributed by atoms with van der Waals surface area (Å²) in [6.45, 7) is 9.00. The molecule has 0 fully saturated rings. The third kappa shape index (κ3) is 45.8. The molecule has 0 rings (SSSR count). The van der Waals surface area contributed by atoms with Crippen LogP contribution in [-0.2, 0) is 28.6 Å². The smallest absolute Gasteiger partial charge is 0.306 e. The van der Waals surface area contributed by atoms with E-state index in [0.29, 0.717) is 19.3 Å². The Kier molecular flexibility index (Phi) is 46.2.